The van der Waals surface area contributed by atoms with Crippen molar-refractivity contribution in [3.8, 4) is 0 Å². The molecule has 0 bridgehead atoms. The lowest BCUT2D eigenvalue weighted by atomic mass is 9.44. The highest BCUT2D eigenvalue weighted by atomic mass is 16.5. The molecule has 0 aromatic carbocycles. The minimum atomic E-state index is -0.206. The lowest BCUT2D eigenvalue weighted by Crippen LogP contribution is -2.57. The summed E-state index contributed by atoms with van der Waals surface area (Å²) < 4.78 is 5.56. The van der Waals surface area contributed by atoms with Gasteiger partial charge in [0.05, 0.1) is 0 Å². The molecule has 34 heavy (non-hydrogen) atoms. The second-order valence-electron chi connectivity index (χ2n) is 13.4. The van der Waals surface area contributed by atoms with Crippen LogP contribution in [0, 0.1) is 58.2 Å². The molecule has 0 amide bonds. The number of rotatable bonds is 6. The van der Waals surface area contributed by atoms with Crippen LogP contribution in [0.5, 0.6) is 0 Å². The van der Waals surface area contributed by atoms with Gasteiger partial charge < -0.3 is 4.74 Å². The Labute approximate surface area is 208 Å². The minimum absolute atomic E-state index is 0.0637. The highest BCUT2D eigenvalue weighted by Crippen LogP contribution is 2.67. The Morgan fingerprint density at radius 2 is 1.71 bits per heavy atom. The number of hydrogen-bond acceptors (Lipinski definition) is 3. The molecule has 192 valence electrons. The first kappa shape index (κ1) is 26.0. The molecule has 3 nitrogen and oxygen atoms in total. The van der Waals surface area contributed by atoms with Crippen molar-refractivity contribution in [3.63, 3.8) is 0 Å². The zero-order valence-corrected chi connectivity index (χ0v) is 22.9. The molecule has 3 heteroatoms. The van der Waals surface area contributed by atoms with Crippen LogP contribution in [-0.4, -0.2) is 17.9 Å². The fourth-order valence-electron chi connectivity index (χ4n) is 9.53. The van der Waals surface area contributed by atoms with Gasteiger partial charge in [-0.1, -0.05) is 53.7 Å². The van der Waals surface area contributed by atoms with Crippen molar-refractivity contribution in [2.24, 2.45) is 58.2 Å². The number of fused-ring (bicyclic) bond motifs is 5. The molecule has 0 radical (unpaired) electrons. The Kier molecular flexibility index (Phi) is 7.43. The Morgan fingerprint density at radius 1 is 1.03 bits per heavy atom. The summed E-state index contributed by atoms with van der Waals surface area (Å²) in [6.07, 6.45) is 14.9. The van der Waals surface area contributed by atoms with E-state index in [-0.39, 0.29) is 23.4 Å². The summed E-state index contributed by atoms with van der Waals surface area (Å²) in [5.74, 6) is 4.96. The molecular weight excluding hydrogens is 420 g/mol. The molecule has 4 saturated carbocycles. The van der Waals surface area contributed by atoms with Crippen LogP contribution in [0.15, 0.2) is 12.2 Å². The number of allylic oxidation sites excluding steroid dienone is 2. The number of hydrogen-bond donors (Lipinski definition) is 0. The van der Waals surface area contributed by atoms with E-state index in [9.17, 15) is 9.59 Å². The number of Topliss-reactive ketones (excluding diaryl/α,β-unsaturated/α-hetero) is 1. The predicted molar refractivity (Wildman–Crippen MR) is 138 cm³/mol. The van der Waals surface area contributed by atoms with Crippen molar-refractivity contribution < 1.29 is 14.3 Å². The Balaban J connectivity index is 1.51. The Hall–Kier alpha value is -1.12. The molecule has 4 fully saturated rings. The van der Waals surface area contributed by atoms with Crippen LogP contribution < -0.4 is 0 Å². The summed E-state index contributed by atoms with van der Waals surface area (Å²) in [5.41, 5.74) is 0.454. The van der Waals surface area contributed by atoms with Crippen molar-refractivity contribution in [3.05, 3.63) is 12.2 Å². The molecule has 4 aliphatic rings. The van der Waals surface area contributed by atoms with Gasteiger partial charge in [0.2, 0.25) is 0 Å². The quantitative estimate of drug-likeness (QED) is 0.296. The van der Waals surface area contributed by atoms with E-state index in [1.807, 2.05) is 0 Å². The molecule has 4 rings (SSSR count). The van der Waals surface area contributed by atoms with Gasteiger partial charge in [0.25, 0.3) is 0 Å². The third-order valence-corrected chi connectivity index (χ3v) is 11.4. The summed E-state index contributed by atoms with van der Waals surface area (Å²) >= 11 is 0. The van der Waals surface area contributed by atoms with Gasteiger partial charge >= 0.3 is 5.97 Å². The summed E-state index contributed by atoms with van der Waals surface area (Å²) in [7, 11) is 0. The zero-order valence-electron chi connectivity index (χ0n) is 22.9. The Bertz CT molecular complexity index is 798. The lowest BCUT2D eigenvalue weighted by Gasteiger charge is -2.60. The number of carbonyl (C=O) groups is 2. The number of ketones is 1. The van der Waals surface area contributed by atoms with Crippen molar-refractivity contribution in [2.45, 2.75) is 112 Å². The van der Waals surface area contributed by atoms with Crippen molar-refractivity contribution >= 4 is 11.8 Å². The van der Waals surface area contributed by atoms with E-state index in [0.717, 1.165) is 31.6 Å². The smallest absolute Gasteiger partial charge is 0.302 e. The molecule has 0 N–H and O–H groups in total. The monoisotopic (exact) mass is 470 g/mol. The van der Waals surface area contributed by atoms with Gasteiger partial charge in [-0.3, -0.25) is 9.59 Å². The summed E-state index contributed by atoms with van der Waals surface area (Å²) in [6.45, 7) is 15.9. The van der Waals surface area contributed by atoms with E-state index in [0.29, 0.717) is 46.7 Å². The largest absolute Gasteiger partial charge is 0.463 e. The van der Waals surface area contributed by atoms with E-state index in [2.05, 4.69) is 53.7 Å². The highest BCUT2D eigenvalue weighted by molar-refractivity contribution is 5.83. The van der Waals surface area contributed by atoms with Crippen LogP contribution >= 0.6 is 0 Å². The van der Waals surface area contributed by atoms with E-state index in [1.54, 1.807) is 0 Å². The Morgan fingerprint density at radius 3 is 2.35 bits per heavy atom. The topological polar surface area (TPSA) is 43.4 Å². The van der Waals surface area contributed by atoms with Crippen LogP contribution in [0.1, 0.15) is 106 Å². The summed E-state index contributed by atoms with van der Waals surface area (Å²) in [6, 6.07) is 0. The third-order valence-electron chi connectivity index (χ3n) is 11.4. The minimum Gasteiger partial charge on any atom is -0.463 e. The molecule has 0 saturated heterocycles. The molecule has 0 aromatic heterocycles. The standard InChI is InChI=1S/C31H50O3/c1-8-22(19(2)3)10-9-20(4)25-11-12-26-24-18-29(33)28-17-23(34-21(5)32)13-15-31(28,7)27(24)14-16-30(25,26)6/h9-10,19-20,22-28H,8,11-18H2,1-7H3/b10-9+/t20-,22-,23+,24+,25-,26+,27+,28-,30-,31-/m1/s1. The van der Waals surface area contributed by atoms with Gasteiger partial charge in [-0.15, -0.1) is 0 Å². The van der Waals surface area contributed by atoms with E-state index < -0.39 is 0 Å². The second-order valence-corrected chi connectivity index (χ2v) is 13.4. The first-order chi connectivity index (χ1) is 16.0. The number of esters is 1. The fraction of sp³-hybridized carbons (Fsp3) is 0.871. The van der Waals surface area contributed by atoms with Gasteiger partial charge in [0.1, 0.15) is 11.9 Å². The van der Waals surface area contributed by atoms with E-state index in [1.165, 1.54) is 39.0 Å². The second kappa shape index (κ2) is 9.74. The molecule has 0 unspecified atom stereocenters. The third kappa shape index (κ3) is 4.43. The molecule has 4 aliphatic carbocycles. The van der Waals surface area contributed by atoms with Gasteiger partial charge in [0, 0.05) is 19.3 Å². The number of carbonyl (C=O) groups excluding carboxylic acids is 2. The molecule has 0 aromatic rings. The maximum atomic E-state index is 13.6. The summed E-state index contributed by atoms with van der Waals surface area (Å²) in [4.78, 5) is 25.1. The molecule has 0 spiro atoms. The van der Waals surface area contributed by atoms with Crippen molar-refractivity contribution in [2.75, 3.05) is 0 Å². The van der Waals surface area contributed by atoms with Crippen molar-refractivity contribution in [1.82, 2.24) is 0 Å². The summed E-state index contributed by atoms with van der Waals surface area (Å²) in [5, 5.41) is 0. The fourth-order valence-corrected chi connectivity index (χ4v) is 9.53. The van der Waals surface area contributed by atoms with Gasteiger partial charge in [0.15, 0.2) is 0 Å². The van der Waals surface area contributed by atoms with Crippen LogP contribution in [0.3, 0.4) is 0 Å². The maximum absolute atomic E-state index is 13.6. The maximum Gasteiger partial charge on any atom is 0.302 e. The normalized spacial score (nSPS) is 43.8. The SMILES string of the molecule is CC[C@H](/C=C/[C@@H](C)[C@H]1CC[C@H]2[C@@H]3CC(=O)[C@H]4C[C@@H](OC(C)=O)CC[C@]4(C)[C@H]3CC[C@]12C)C(C)C. The van der Waals surface area contributed by atoms with Gasteiger partial charge in [-0.2, -0.15) is 0 Å². The molecular formula is C31H50O3. The van der Waals surface area contributed by atoms with Crippen LogP contribution in [0.2, 0.25) is 0 Å². The van der Waals surface area contributed by atoms with Crippen LogP contribution in [-0.2, 0) is 14.3 Å². The van der Waals surface area contributed by atoms with Gasteiger partial charge in [-0.05, 0) is 104 Å². The van der Waals surface area contributed by atoms with Crippen LogP contribution in [0.25, 0.3) is 0 Å². The average molecular weight is 471 g/mol. The zero-order chi connectivity index (χ0) is 24.8. The highest BCUT2D eigenvalue weighted by Gasteiger charge is 2.62. The molecule has 10 atom stereocenters. The molecule has 0 heterocycles. The van der Waals surface area contributed by atoms with Gasteiger partial charge in [-0.25, -0.2) is 0 Å². The number of ether oxygens (including phenoxy) is 1. The predicted octanol–water partition coefficient (Wildman–Crippen LogP) is 7.63. The first-order valence-electron chi connectivity index (χ1n) is 14.4. The first-order valence-corrected chi connectivity index (χ1v) is 14.4. The lowest BCUT2D eigenvalue weighted by molar-refractivity contribution is -0.169. The van der Waals surface area contributed by atoms with E-state index >= 15 is 0 Å². The van der Waals surface area contributed by atoms with Crippen LogP contribution in [0.4, 0.5) is 0 Å². The average Bonchev–Trinajstić information content (AvgIpc) is 3.12. The molecule has 0 aliphatic heterocycles. The van der Waals surface area contributed by atoms with E-state index in [4.69, 9.17) is 4.74 Å². The van der Waals surface area contributed by atoms with Crippen molar-refractivity contribution in [1.29, 1.82) is 0 Å².